The van der Waals surface area contributed by atoms with Gasteiger partial charge in [0.25, 0.3) is 10.9 Å². The first-order valence-corrected chi connectivity index (χ1v) is 12.9. The van der Waals surface area contributed by atoms with Gasteiger partial charge in [-0.2, -0.15) is 31.9 Å². The largest absolute Gasteiger partial charge is 0.466 e. The minimum atomic E-state index is -4.43. The molecule has 8 nitrogen and oxygen atoms in total. The molecule has 0 aromatic rings. The van der Waals surface area contributed by atoms with E-state index >= 15 is 0 Å². The molecule has 0 saturated carbocycles. The van der Waals surface area contributed by atoms with Gasteiger partial charge in [-0.15, -0.1) is 0 Å². The molecule has 0 aromatic carbocycles. The molecule has 0 rings (SSSR count). The second kappa shape index (κ2) is 15.9. The third kappa shape index (κ3) is 13.9. The van der Waals surface area contributed by atoms with Crippen LogP contribution >= 0.6 is 23.5 Å². The normalized spacial score (nSPS) is 11.2. The predicted molar refractivity (Wildman–Crippen MR) is 101 cm³/mol. The minimum absolute atomic E-state index is 0. The second-order valence-corrected chi connectivity index (χ2v) is 10.3. The third-order valence-electron chi connectivity index (χ3n) is 2.83. The first-order chi connectivity index (χ1) is 11.8. The van der Waals surface area contributed by atoms with Gasteiger partial charge in [0, 0.05) is 17.1 Å². The van der Waals surface area contributed by atoms with Gasteiger partial charge in [-0.1, -0.05) is 13.3 Å². The van der Waals surface area contributed by atoms with Crippen molar-refractivity contribution in [2.24, 2.45) is 0 Å². The predicted octanol–water partition coefficient (Wildman–Crippen LogP) is 2.30. The van der Waals surface area contributed by atoms with Crippen LogP contribution < -0.4 is 0 Å². The summed E-state index contributed by atoms with van der Waals surface area (Å²) in [5, 5.41) is 0. The maximum atomic E-state index is 11.5. The number of thioether (sulfide) groups is 2. The van der Waals surface area contributed by atoms with Gasteiger partial charge < -0.3 is 13.2 Å². The first kappa shape index (κ1) is 26.9. The van der Waals surface area contributed by atoms with Crippen LogP contribution in [-0.4, -0.2) is 53.3 Å². The van der Waals surface area contributed by atoms with E-state index in [9.17, 15) is 26.5 Å². The van der Waals surface area contributed by atoms with E-state index in [-0.39, 0.29) is 19.4 Å². The molecule has 0 saturated heterocycles. The Hall–Kier alpha value is -1.33. The van der Waals surface area contributed by atoms with Crippen LogP contribution in [0.2, 0.25) is 0 Å². The summed E-state index contributed by atoms with van der Waals surface area (Å²) in [7, 11) is -7.80. The van der Waals surface area contributed by atoms with Gasteiger partial charge in [-0.05, 0) is 30.1 Å². The first-order valence-electron chi connectivity index (χ1n) is 7.92. The zero-order valence-electron chi connectivity index (χ0n) is 14.9. The molecule has 0 fully saturated rings. The molecule has 0 heterocycles. The average Bonchev–Trinajstić information content (AvgIpc) is 2.56. The molecule has 0 aromatic heterocycles. The van der Waals surface area contributed by atoms with E-state index in [0.717, 1.165) is 17.9 Å². The van der Waals surface area contributed by atoms with E-state index in [1.54, 1.807) is 11.8 Å². The second-order valence-electron chi connectivity index (χ2n) is 4.98. The zero-order chi connectivity index (χ0) is 19.1. The fourth-order valence-corrected chi connectivity index (χ4v) is 5.22. The van der Waals surface area contributed by atoms with Crippen LogP contribution in [0.1, 0.15) is 39.0 Å². The molecule has 0 spiro atoms. The fraction of sp³-hybridized carbons (Fsp3) is 0.923. The fourth-order valence-electron chi connectivity index (χ4n) is 1.54. The molecule has 0 bridgehead atoms. The summed E-state index contributed by atoms with van der Waals surface area (Å²) < 4.78 is 47.0. The summed E-state index contributed by atoms with van der Waals surface area (Å²) in [4.78, 5) is 22.3. The Morgan fingerprint density at radius 3 is 2.19 bits per heavy atom. The monoisotopic (exact) mass is 702 g/mol. The molecule has 0 atom stereocenters. The van der Waals surface area contributed by atoms with Crippen LogP contribution in [0.5, 0.6) is 0 Å². The Bertz CT molecular complexity index is 573. The van der Waals surface area contributed by atoms with Gasteiger partial charge in [-0.25, -0.2) is 0 Å². The number of esters is 1. The van der Waals surface area contributed by atoms with E-state index in [0.29, 0.717) is 5.75 Å². The maximum Gasteiger partial charge on any atom is 0.396 e. The summed E-state index contributed by atoms with van der Waals surface area (Å²) >= 11 is 3.61. The van der Waals surface area contributed by atoms with Crippen molar-refractivity contribution in [1.82, 2.24) is 0 Å². The number of unbranched alkanes of at least 4 members (excludes halogenated alkanes) is 1. The number of nitrogens with zero attached hydrogens (tertiary/aromatic N) is 1. The minimum Gasteiger partial charge on any atom is -0.466 e. The van der Waals surface area contributed by atoms with Crippen LogP contribution in [0, 0.1) is 4.91 Å². The molecule has 13 heteroatoms. The maximum absolute atomic E-state index is 11.5. The molecule has 0 amide bonds. The van der Waals surface area contributed by atoms with Gasteiger partial charge in [0.2, 0.25) is 0 Å². The van der Waals surface area contributed by atoms with Gasteiger partial charge in [-0.3, -0.25) is 4.79 Å². The van der Waals surface area contributed by atoms with E-state index in [1.807, 2.05) is 11.8 Å². The Kier molecular flexibility index (Phi) is 16.4. The zero-order valence-corrected chi connectivity index (χ0v) is 24.6. The van der Waals surface area contributed by atoms with E-state index in [2.05, 4.69) is 6.92 Å². The molecule has 150 valence electrons. The summed E-state index contributed by atoms with van der Waals surface area (Å²) in [6.07, 6.45) is 3.65. The van der Waals surface area contributed by atoms with Crippen molar-refractivity contribution in [3.63, 3.8) is 0 Å². The number of carbonyl (C=O) groups excluding carboxylic acids is 1. The molecule has 0 aliphatic heterocycles. The summed E-state index contributed by atoms with van der Waals surface area (Å²) in [5.41, 5.74) is 0. The summed E-state index contributed by atoms with van der Waals surface area (Å²) in [6, 6.07) is 0. The van der Waals surface area contributed by atoms with Crippen molar-refractivity contribution in [2.75, 3.05) is 35.4 Å². The molecular weight excluding hydrogens is 677 g/mol. The molecular formula is C13H25NO7RfS4. The van der Waals surface area contributed by atoms with Crippen LogP contribution in [0.25, 0.3) is 0 Å². The number of ether oxygens (including phenoxy) is 1. The average molecular weight is 703 g/mol. The molecule has 0 unspecified atom stereocenters. The Morgan fingerprint density at radius 2 is 1.62 bits per heavy atom. The van der Waals surface area contributed by atoms with Crippen LogP contribution in [0.4, 0.5) is 0 Å². The van der Waals surface area contributed by atoms with E-state index in [4.69, 9.17) is 4.74 Å². The molecule has 0 aliphatic carbocycles. The van der Waals surface area contributed by atoms with Crippen LogP contribution in [0.15, 0.2) is 0 Å². The van der Waals surface area contributed by atoms with Gasteiger partial charge in [0.1, 0.15) is 9.32 Å². The third-order valence-corrected chi connectivity index (χ3v) is 7.60. The van der Waals surface area contributed by atoms with Crippen molar-refractivity contribution in [3.8, 4) is 0 Å². The van der Waals surface area contributed by atoms with E-state index < -0.39 is 36.2 Å². The van der Waals surface area contributed by atoms with Crippen molar-refractivity contribution < 1.29 is 29.9 Å². The summed E-state index contributed by atoms with van der Waals surface area (Å²) in [5.74, 6) is 2.81. The number of rotatable bonds is 16. The number of nitroso groups, excluding NO2 is 1. The Labute approximate surface area is 159 Å². The standard InChI is InChI=1S/C13H25NO7S4.Rf/c1-2-3-8-22-9-5-10-23-11-6-13(15)21-7-4-12-25(19,20)14(16)24(17)18;/h2-12H2,1H3;. The smallest absolute Gasteiger partial charge is 0.396 e. The van der Waals surface area contributed by atoms with E-state index in [1.165, 1.54) is 18.6 Å². The Balaban J connectivity index is 0. The van der Waals surface area contributed by atoms with Crippen LogP contribution in [0.3, 0.4) is 0 Å². The van der Waals surface area contributed by atoms with Crippen molar-refractivity contribution in [1.29, 1.82) is 0 Å². The van der Waals surface area contributed by atoms with Crippen molar-refractivity contribution in [2.45, 2.75) is 39.0 Å². The topological polar surface area (TPSA) is 115 Å². The number of hydrogen-bond donors (Lipinski definition) is 0. The quantitative estimate of drug-likeness (QED) is 0.104. The van der Waals surface area contributed by atoms with Gasteiger partial charge >= 0.3 is 16.0 Å². The molecule has 0 aliphatic rings. The molecule has 0 radical (unpaired) electrons. The molecule has 0 N–H and O–H groups in total. The number of carbonyl (C=O) groups is 1. The van der Waals surface area contributed by atoms with Gasteiger partial charge in [0.15, 0.2) is 0 Å². The van der Waals surface area contributed by atoms with Crippen LogP contribution in [-0.2, 0) is 38.9 Å². The Morgan fingerprint density at radius 1 is 1.04 bits per heavy atom. The molecule has 26 heavy (non-hydrogen) atoms. The van der Waals surface area contributed by atoms with Gasteiger partial charge in [0.05, 0.1) is 13.0 Å². The van der Waals surface area contributed by atoms with Crippen molar-refractivity contribution in [3.05, 3.63) is 4.91 Å². The number of sulfonamides is 1. The van der Waals surface area contributed by atoms with Crippen molar-refractivity contribution >= 4 is 50.4 Å². The number of hydrogen-bond acceptors (Lipinski definition) is 10. The summed E-state index contributed by atoms with van der Waals surface area (Å²) in [6.45, 7) is 2.00. The SMILES string of the molecule is CCCCSCCCSCCC(=O)OCCCS(=O)(=O)[N+](=O)[S-](=O)=O.[Rf].